The fraction of sp³-hybridized carbons (Fsp3) is 0.579. The third-order valence-electron chi connectivity index (χ3n) is 4.75. The Balaban J connectivity index is 1.61. The van der Waals surface area contributed by atoms with Gasteiger partial charge < -0.3 is 20.4 Å². The molecule has 1 saturated heterocycles. The van der Waals surface area contributed by atoms with E-state index in [0.717, 1.165) is 57.3 Å². The summed E-state index contributed by atoms with van der Waals surface area (Å²) in [5.74, 6) is 1.97. The summed E-state index contributed by atoms with van der Waals surface area (Å²) < 4.78 is 0. The topological polar surface area (TPSA) is 55.8 Å². The molecule has 6 heteroatoms. The molecule has 6 nitrogen and oxygen atoms in total. The van der Waals surface area contributed by atoms with Crippen molar-refractivity contribution >= 4 is 11.8 Å². The molecule has 1 fully saturated rings. The van der Waals surface area contributed by atoms with E-state index in [0.29, 0.717) is 12.6 Å². The van der Waals surface area contributed by atoms with Crippen molar-refractivity contribution in [3.05, 3.63) is 36.0 Å². The van der Waals surface area contributed by atoms with E-state index in [2.05, 4.69) is 63.7 Å². The van der Waals surface area contributed by atoms with Gasteiger partial charge in [0.05, 0.1) is 6.54 Å². The molecule has 2 N–H and O–H groups in total. The Bertz CT molecular complexity index is 596. The molecule has 2 aliphatic rings. The molecule has 1 aromatic rings. The third-order valence-corrected chi connectivity index (χ3v) is 4.75. The van der Waals surface area contributed by atoms with Gasteiger partial charge in [-0.15, -0.1) is 0 Å². The molecule has 1 aromatic heterocycles. The van der Waals surface area contributed by atoms with Gasteiger partial charge in [-0.1, -0.05) is 12.2 Å². The number of pyridine rings is 1. The molecule has 3 rings (SSSR count). The maximum Gasteiger partial charge on any atom is 0.191 e. The summed E-state index contributed by atoms with van der Waals surface area (Å²) in [5, 5.41) is 6.86. The summed E-state index contributed by atoms with van der Waals surface area (Å²) in [6.07, 6.45) is 8.51. The quantitative estimate of drug-likeness (QED) is 0.484. The molecule has 1 aliphatic carbocycles. The van der Waals surface area contributed by atoms with Gasteiger partial charge in [0.25, 0.3) is 0 Å². The van der Waals surface area contributed by atoms with E-state index in [9.17, 15) is 0 Å². The van der Waals surface area contributed by atoms with Crippen molar-refractivity contribution in [3.63, 3.8) is 0 Å². The monoisotopic (exact) mass is 342 g/mol. The Morgan fingerprint density at radius 3 is 2.72 bits per heavy atom. The first-order chi connectivity index (χ1) is 12.2. The first kappa shape index (κ1) is 17.7. The maximum atomic E-state index is 4.76. The van der Waals surface area contributed by atoms with Gasteiger partial charge in [0.15, 0.2) is 5.96 Å². The summed E-state index contributed by atoms with van der Waals surface area (Å²) >= 11 is 0. The minimum atomic E-state index is 0.469. The van der Waals surface area contributed by atoms with E-state index in [4.69, 9.17) is 4.99 Å². The first-order valence-electron chi connectivity index (χ1n) is 9.33. The SMILES string of the molecule is CCNC(=NCc1ccnc(N2CCN(C)CC2)c1)NC1CC=CC1. The zero-order chi connectivity index (χ0) is 17.5. The minimum Gasteiger partial charge on any atom is -0.357 e. The van der Waals surface area contributed by atoms with Gasteiger partial charge >= 0.3 is 0 Å². The zero-order valence-corrected chi connectivity index (χ0v) is 15.4. The van der Waals surface area contributed by atoms with Crippen molar-refractivity contribution in [2.45, 2.75) is 32.4 Å². The van der Waals surface area contributed by atoms with Gasteiger partial charge in [0.1, 0.15) is 5.82 Å². The van der Waals surface area contributed by atoms with Gasteiger partial charge in [-0.2, -0.15) is 0 Å². The van der Waals surface area contributed by atoms with E-state index < -0.39 is 0 Å². The Hall–Kier alpha value is -2.08. The molecule has 2 heterocycles. The van der Waals surface area contributed by atoms with Crippen LogP contribution in [-0.2, 0) is 6.54 Å². The van der Waals surface area contributed by atoms with Crippen LogP contribution in [0.2, 0.25) is 0 Å². The third kappa shape index (κ3) is 5.19. The van der Waals surface area contributed by atoms with Crippen LogP contribution in [0.4, 0.5) is 5.82 Å². The molecule has 25 heavy (non-hydrogen) atoms. The van der Waals surface area contributed by atoms with Crippen molar-refractivity contribution in [1.29, 1.82) is 0 Å². The maximum absolute atomic E-state index is 4.76. The molecule has 0 aromatic carbocycles. The fourth-order valence-electron chi connectivity index (χ4n) is 3.19. The molecule has 0 radical (unpaired) electrons. The second-order valence-electron chi connectivity index (χ2n) is 6.79. The molecular weight excluding hydrogens is 312 g/mol. The summed E-state index contributed by atoms with van der Waals surface area (Å²) in [5.41, 5.74) is 1.20. The number of nitrogens with one attached hydrogen (secondary N) is 2. The van der Waals surface area contributed by atoms with Crippen molar-refractivity contribution in [2.24, 2.45) is 4.99 Å². The van der Waals surface area contributed by atoms with E-state index in [-0.39, 0.29) is 0 Å². The standard InChI is InChI=1S/C19H30N6/c1-3-20-19(23-17-6-4-5-7-17)22-15-16-8-9-21-18(14-16)25-12-10-24(2)11-13-25/h4-5,8-9,14,17H,3,6-7,10-13,15H2,1-2H3,(H2,20,22,23). The van der Waals surface area contributed by atoms with E-state index in [1.807, 2.05) is 6.20 Å². The van der Waals surface area contributed by atoms with Crippen molar-refractivity contribution in [2.75, 3.05) is 44.7 Å². The Morgan fingerprint density at radius 1 is 1.24 bits per heavy atom. The molecule has 136 valence electrons. The summed E-state index contributed by atoms with van der Waals surface area (Å²) in [4.78, 5) is 14.0. The van der Waals surface area contributed by atoms with Crippen LogP contribution in [0.3, 0.4) is 0 Å². The van der Waals surface area contributed by atoms with Crippen LogP contribution in [-0.4, -0.2) is 61.7 Å². The second-order valence-corrected chi connectivity index (χ2v) is 6.79. The lowest BCUT2D eigenvalue weighted by molar-refractivity contribution is 0.312. The normalized spacial score (nSPS) is 19.4. The molecule has 0 bridgehead atoms. The lowest BCUT2D eigenvalue weighted by atomic mass is 10.2. The molecule has 0 amide bonds. The first-order valence-corrected chi connectivity index (χ1v) is 9.33. The Kier molecular flexibility index (Phi) is 6.28. The highest BCUT2D eigenvalue weighted by atomic mass is 15.3. The molecule has 1 aliphatic heterocycles. The predicted octanol–water partition coefficient (Wildman–Crippen LogP) is 1.61. The summed E-state index contributed by atoms with van der Waals surface area (Å²) in [7, 11) is 2.17. The number of aromatic nitrogens is 1. The molecule has 0 spiro atoms. The van der Waals surface area contributed by atoms with Gasteiger partial charge in [0, 0.05) is 45.0 Å². The number of rotatable bonds is 5. The van der Waals surface area contributed by atoms with Gasteiger partial charge in [0.2, 0.25) is 0 Å². The number of piperazine rings is 1. The number of aliphatic imine (C=N–C) groups is 1. The molecule has 0 unspecified atom stereocenters. The molecule has 0 atom stereocenters. The highest BCUT2D eigenvalue weighted by Crippen LogP contribution is 2.15. The van der Waals surface area contributed by atoms with Crippen LogP contribution in [0.25, 0.3) is 0 Å². The van der Waals surface area contributed by atoms with Crippen molar-refractivity contribution < 1.29 is 0 Å². The van der Waals surface area contributed by atoms with Crippen LogP contribution in [0.5, 0.6) is 0 Å². The Labute approximate surface area is 151 Å². The van der Waals surface area contributed by atoms with Gasteiger partial charge in [-0.3, -0.25) is 0 Å². The average molecular weight is 342 g/mol. The molecular formula is C19H30N6. The number of hydrogen-bond acceptors (Lipinski definition) is 4. The number of anilines is 1. The average Bonchev–Trinajstić information content (AvgIpc) is 3.14. The van der Waals surface area contributed by atoms with Gasteiger partial charge in [-0.25, -0.2) is 9.98 Å². The van der Waals surface area contributed by atoms with Gasteiger partial charge in [-0.05, 0) is 44.5 Å². The molecule has 0 saturated carbocycles. The number of nitrogens with zero attached hydrogens (tertiary/aromatic N) is 4. The lowest BCUT2D eigenvalue weighted by Gasteiger charge is -2.33. The number of guanidine groups is 1. The van der Waals surface area contributed by atoms with Crippen LogP contribution in [0.1, 0.15) is 25.3 Å². The van der Waals surface area contributed by atoms with E-state index in [1.165, 1.54) is 5.56 Å². The van der Waals surface area contributed by atoms with Crippen LogP contribution >= 0.6 is 0 Å². The van der Waals surface area contributed by atoms with E-state index in [1.54, 1.807) is 0 Å². The second kappa shape index (κ2) is 8.85. The fourth-order valence-corrected chi connectivity index (χ4v) is 3.19. The number of hydrogen-bond donors (Lipinski definition) is 2. The Morgan fingerprint density at radius 2 is 2.00 bits per heavy atom. The minimum absolute atomic E-state index is 0.469. The van der Waals surface area contributed by atoms with E-state index >= 15 is 0 Å². The van der Waals surface area contributed by atoms with Crippen LogP contribution in [0.15, 0.2) is 35.5 Å². The smallest absolute Gasteiger partial charge is 0.191 e. The highest BCUT2D eigenvalue weighted by Gasteiger charge is 2.15. The zero-order valence-electron chi connectivity index (χ0n) is 15.4. The van der Waals surface area contributed by atoms with Crippen molar-refractivity contribution in [1.82, 2.24) is 20.5 Å². The van der Waals surface area contributed by atoms with Crippen LogP contribution in [0, 0.1) is 0 Å². The largest absolute Gasteiger partial charge is 0.357 e. The van der Waals surface area contributed by atoms with Crippen molar-refractivity contribution in [3.8, 4) is 0 Å². The number of likely N-dealkylation sites (N-methyl/N-ethyl adjacent to an activating group) is 1. The van der Waals surface area contributed by atoms with Crippen LogP contribution < -0.4 is 15.5 Å². The highest BCUT2D eigenvalue weighted by molar-refractivity contribution is 5.80. The summed E-state index contributed by atoms with van der Waals surface area (Å²) in [6.45, 7) is 7.89. The lowest BCUT2D eigenvalue weighted by Crippen LogP contribution is -2.44. The predicted molar refractivity (Wildman–Crippen MR) is 104 cm³/mol. The summed E-state index contributed by atoms with van der Waals surface area (Å²) in [6, 6.07) is 4.70.